The third kappa shape index (κ3) is 19.9. The number of unbranched alkanes of at least 4 members (excludes halogenated alkanes) is 6. The van der Waals surface area contributed by atoms with Gasteiger partial charge in [0.25, 0.3) is 0 Å². The number of nitrogens with one attached hydrogen (secondary N) is 1. The molecule has 0 aliphatic heterocycles. The van der Waals surface area contributed by atoms with Crippen LogP contribution in [-0.2, 0) is 19.0 Å². The largest absolute Gasteiger partial charge is 0.465 e. The Morgan fingerprint density at radius 2 is 1.48 bits per heavy atom. The molecule has 0 aliphatic rings. The van der Waals surface area contributed by atoms with E-state index in [0.29, 0.717) is 39.2 Å². The molecule has 27 heavy (non-hydrogen) atoms. The van der Waals surface area contributed by atoms with Gasteiger partial charge in [-0.1, -0.05) is 46.0 Å². The number of carbonyl (C=O) groups is 1. The second-order valence-electron chi connectivity index (χ2n) is 6.88. The lowest BCUT2D eigenvalue weighted by Gasteiger charge is -2.18. The molecule has 0 aromatic carbocycles. The number of esters is 1. The van der Waals surface area contributed by atoms with E-state index in [9.17, 15) is 4.79 Å². The first-order valence-corrected chi connectivity index (χ1v) is 10.9. The van der Waals surface area contributed by atoms with Gasteiger partial charge < -0.3 is 24.6 Å². The van der Waals surface area contributed by atoms with Gasteiger partial charge in [-0.3, -0.25) is 4.79 Å². The van der Waals surface area contributed by atoms with Crippen molar-refractivity contribution in [2.24, 2.45) is 0 Å². The summed E-state index contributed by atoms with van der Waals surface area (Å²) in [6.07, 6.45) is 10.4. The Hall–Kier alpha value is -0.690. The molecule has 0 radical (unpaired) electrons. The smallest absolute Gasteiger partial charge is 0.305 e. The van der Waals surface area contributed by atoms with Gasteiger partial charge in [-0.25, -0.2) is 0 Å². The van der Waals surface area contributed by atoms with Crippen LogP contribution in [-0.4, -0.2) is 56.9 Å². The fourth-order valence-corrected chi connectivity index (χ4v) is 2.53. The fraction of sp³-hybridized carbons (Fsp3) is 0.952. The minimum atomic E-state index is -0.268. The number of hydrogen-bond acceptors (Lipinski definition) is 6. The van der Waals surface area contributed by atoms with E-state index in [2.05, 4.69) is 19.2 Å². The summed E-state index contributed by atoms with van der Waals surface area (Å²) in [6, 6.07) is 0. The zero-order chi connectivity index (χ0) is 20.0. The lowest BCUT2D eigenvalue weighted by atomic mass is 10.1. The third-order valence-electron chi connectivity index (χ3n) is 4.24. The average Bonchev–Trinajstić information content (AvgIpc) is 2.66. The minimum absolute atomic E-state index is 0.125. The van der Waals surface area contributed by atoms with Gasteiger partial charge in [0.15, 0.2) is 6.29 Å². The van der Waals surface area contributed by atoms with Gasteiger partial charge in [-0.05, 0) is 32.2 Å². The van der Waals surface area contributed by atoms with Crippen LogP contribution in [0.1, 0.15) is 84.5 Å². The third-order valence-corrected chi connectivity index (χ3v) is 4.24. The molecule has 2 N–H and O–H groups in total. The summed E-state index contributed by atoms with van der Waals surface area (Å²) < 4.78 is 16.8. The quantitative estimate of drug-likeness (QED) is 0.177. The highest BCUT2D eigenvalue weighted by Crippen LogP contribution is 2.08. The highest BCUT2D eigenvalue weighted by atomic mass is 16.7. The molecule has 0 unspecified atom stereocenters. The number of aliphatic hydroxyl groups is 1. The highest BCUT2D eigenvalue weighted by Gasteiger charge is 2.11. The topological polar surface area (TPSA) is 77.0 Å². The van der Waals surface area contributed by atoms with Crippen molar-refractivity contribution >= 4 is 5.97 Å². The van der Waals surface area contributed by atoms with Crippen molar-refractivity contribution in [2.45, 2.75) is 90.8 Å². The van der Waals surface area contributed by atoms with Gasteiger partial charge in [0.05, 0.1) is 13.2 Å². The summed E-state index contributed by atoms with van der Waals surface area (Å²) >= 11 is 0. The molecule has 0 rings (SSSR count). The van der Waals surface area contributed by atoms with E-state index in [1.54, 1.807) is 0 Å². The van der Waals surface area contributed by atoms with Gasteiger partial charge in [0, 0.05) is 32.6 Å². The Labute approximate surface area is 166 Å². The van der Waals surface area contributed by atoms with Crippen LogP contribution in [0.15, 0.2) is 0 Å². The average molecular weight is 390 g/mol. The first-order valence-electron chi connectivity index (χ1n) is 10.9. The number of rotatable bonds is 21. The summed E-state index contributed by atoms with van der Waals surface area (Å²) in [6.45, 7) is 7.81. The Balaban J connectivity index is 3.62. The molecule has 0 saturated carbocycles. The molecule has 0 aromatic heterocycles. The zero-order valence-electron chi connectivity index (χ0n) is 17.7. The van der Waals surface area contributed by atoms with Crippen molar-refractivity contribution < 1.29 is 24.1 Å². The molecule has 0 spiro atoms. The van der Waals surface area contributed by atoms with Crippen LogP contribution in [0.4, 0.5) is 0 Å². The van der Waals surface area contributed by atoms with Crippen LogP contribution in [0.25, 0.3) is 0 Å². The van der Waals surface area contributed by atoms with E-state index in [0.717, 1.165) is 64.3 Å². The molecule has 0 aliphatic carbocycles. The Morgan fingerprint density at radius 3 is 2.11 bits per heavy atom. The Kier molecular flexibility index (Phi) is 21.1. The maximum absolute atomic E-state index is 11.8. The van der Waals surface area contributed by atoms with E-state index in [4.69, 9.17) is 19.3 Å². The van der Waals surface area contributed by atoms with Gasteiger partial charge in [-0.15, -0.1) is 0 Å². The molecule has 6 heteroatoms. The molecule has 0 saturated heterocycles. The molecule has 0 bridgehead atoms. The van der Waals surface area contributed by atoms with Gasteiger partial charge in [0.2, 0.25) is 0 Å². The van der Waals surface area contributed by atoms with Crippen molar-refractivity contribution in [3.63, 3.8) is 0 Å². The molecule has 0 atom stereocenters. The van der Waals surface area contributed by atoms with Crippen LogP contribution in [0.3, 0.4) is 0 Å². The van der Waals surface area contributed by atoms with Crippen LogP contribution >= 0.6 is 0 Å². The Bertz CT molecular complexity index is 305. The van der Waals surface area contributed by atoms with Crippen LogP contribution in [0.2, 0.25) is 0 Å². The van der Waals surface area contributed by atoms with Crippen molar-refractivity contribution in [1.29, 1.82) is 0 Å². The highest BCUT2D eigenvalue weighted by molar-refractivity contribution is 5.69. The minimum Gasteiger partial charge on any atom is -0.465 e. The standard InChI is InChI=1S/C21H43NO5/c1-3-5-17-26-21(27-18-6-4-2)13-19-25-20(24)12-10-8-7-9-11-14-22-15-16-23/h21-23H,3-19H2,1-2H3. The van der Waals surface area contributed by atoms with E-state index in [-0.39, 0.29) is 18.9 Å². The molecule has 0 heterocycles. The van der Waals surface area contributed by atoms with Crippen LogP contribution in [0.5, 0.6) is 0 Å². The van der Waals surface area contributed by atoms with Crippen molar-refractivity contribution in [1.82, 2.24) is 5.32 Å². The first kappa shape index (κ1) is 26.3. The number of carbonyl (C=O) groups excluding carboxylic acids is 1. The van der Waals surface area contributed by atoms with Crippen molar-refractivity contribution in [3.05, 3.63) is 0 Å². The molecule has 162 valence electrons. The molecule has 0 amide bonds. The normalized spacial score (nSPS) is 11.3. The van der Waals surface area contributed by atoms with E-state index < -0.39 is 0 Å². The number of ether oxygens (including phenoxy) is 3. The summed E-state index contributed by atoms with van der Waals surface area (Å²) in [5.41, 5.74) is 0. The molecule has 0 aromatic rings. The van der Waals surface area contributed by atoms with Crippen LogP contribution in [0, 0.1) is 0 Å². The van der Waals surface area contributed by atoms with E-state index in [1.807, 2.05) is 0 Å². The van der Waals surface area contributed by atoms with Gasteiger partial charge in [0.1, 0.15) is 0 Å². The number of aliphatic hydroxyl groups excluding tert-OH is 1. The predicted octanol–water partition coefficient (Wildman–Crippen LogP) is 3.80. The summed E-state index contributed by atoms with van der Waals surface area (Å²) in [5.74, 6) is -0.125. The zero-order valence-corrected chi connectivity index (χ0v) is 17.7. The van der Waals surface area contributed by atoms with Crippen LogP contribution < -0.4 is 5.32 Å². The predicted molar refractivity (Wildman–Crippen MR) is 109 cm³/mol. The van der Waals surface area contributed by atoms with Gasteiger partial charge >= 0.3 is 5.97 Å². The van der Waals surface area contributed by atoms with Gasteiger partial charge in [-0.2, -0.15) is 0 Å². The second kappa shape index (κ2) is 21.6. The lowest BCUT2D eigenvalue weighted by molar-refractivity contribution is -0.161. The maximum atomic E-state index is 11.8. The molecular formula is C21H43NO5. The lowest BCUT2D eigenvalue weighted by Crippen LogP contribution is -2.21. The SMILES string of the molecule is CCCCOC(CCOC(=O)CCCCCCCNCCO)OCCCC. The molecule has 6 nitrogen and oxygen atoms in total. The second-order valence-corrected chi connectivity index (χ2v) is 6.88. The summed E-state index contributed by atoms with van der Waals surface area (Å²) in [7, 11) is 0. The molecular weight excluding hydrogens is 346 g/mol. The van der Waals surface area contributed by atoms with Crippen molar-refractivity contribution in [3.8, 4) is 0 Å². The number of hydrogen-bond donors (Lipinski definition) is 2. The van der Waals surface area contributed by atoms with Crippen molar-refractivity contribution in [2.75, 3.05) is 39.5 Å². The van der Waals surface area contributed by atoms with E-state index >= 15 is 0 Å². The summed E-state index contributed by atoms with van der Waals surface area (Å²) in [5, 5.41) is 11.8. The molecule has 0 fully saturated rings. The first-order chi connectivity index (χ1) is 13.2. The maximum Gasteiger partial charge on any atom is 0.305 e. The van der Waals surface area contributed by atoms with E-state index in [1.165, 1.54) is 0 Å². The fourth-order valence-electron chi connectivity index (χ4n) is 2.53. The summed E-state index contributed by atoms with van der Waals surface area (Å²) in [4.78, 5) is 11.8. The monoisotopic (exact) mass is 389 g/mol. The Morgan fingerprint density at radius 1 is 0.852 bits per heavy atom.